The smallest absolute Gasteiger partial charge is 0.305 e. The minimum Gasteiger partial charge on any atom is -0.455 e. The summed E-state index contributed by atoms with van der Waals surface area (Å²) < 4.78 is 19.6. The highest BCUT2D eigenvalue weighted by atomic mass is 19.1. The number of amides is 3. The van der Waals surface area contributed by atoms with Gasteiger partial charge in [-0.05, 0) is 44.0 Å². The number of rotatable bonds is 4. The lowest BCUT2D eigenvalue weighted by Gasteiger charge is -2.13. The summed E-state index contributed by atoms with van der Waals surface area (Å²) in [7, 11) is 0. The van der Waals surface area contributed by atoms with Gasteiger partial charge in [0.15, 0.2) is 5.76 Å². The number of hydrogen-bond donors (Lipinski definition) is 3. The molecule has 0 unspecified atom stereocenters. The topological polar surface area (TPSA) is 126 Å². The van der Waals surface area contributed by atoms with Crippen LogP contribution in [0.25, 0.3) is 0 Å². The summed E-state index contributed by atoms with van der Waals surface area (Å²) in [6, 6.07) is 8.63. The number of furan rings is 1. The second kappa shape index (κ2) is 9.43. The van der Waals surface area contributed by atoms with Crippen LogP contribution in [0, 0.1) is 12.7 Å². The monoisotopic (exact) mass is 449 g/mol. The van der Waals surface area contributed by atoms with Gasteiger partial charge in [0.1, 0.15) is 11.6 Å². The first kappa shape index (κ1) is 21.9. The molecule has 1 aliphatic rings. The standard InChI is InChI=1S/C23H20FN5O4/c1-13-19-17(26-28-22(31)15-5-2-3-6-16(15)24)7-4-8-18(19)33-20(13)23(32)29-27-21(30)14-9-11-25-12-10-14/h2-3,5-6,9-12H,4,7-8H2,1H3,(H,27,30)(H,28,31)(H,29,32)/b26-17+. The maximum absolute atomic E-state index is 13.8. The fourth-order valence-electron chi connectivity index (χ4n) is 3.57. The first-order valence-electron chi connectivity index (χ1n) is 10.2. The van der Waals surface area contributed by atoms with Crippen LogP contribution in [0.3, 0.4) is 0 Å². The molecular formula is C23H20FN5O4. The number of carbonyl (C=O) groups excluding carboxylic acids is 3. The van der Waals surface area contributed by atoms with E-state index in [9.17, 15) is 18.8 Å². The van der Waals surface area contributed by atoms with Gasteiger partial charge in [0.05, 0.1) is 11.3 Å². The van der Waals surface area contributed by atoms with Gasteiger partial charge in [-0.2, -0.15) is 5.10 Å². The Bertz CT molecular complexity index is 1250. The quantitative estimate of drug-likeness (QED) is 0.528. The van der Waals surface area contributed by atoms with Gasteiger partial charge >= 0.3 is 5.91 Å². The number of fused-ring (bicyclic) bond motifs is 1. The molecular weight excluding hydrogens is 429 g/mol. The van der Waals surface area contributed by atoms with Crippen molar-refractivity contribution in [2.45, 2.75) is 26.2 Å². The largest absolute Gasteiger partial charge is 0.455 e. The van der Waals surface area contributed by atoms with E-state index in [0.717, 1.165) is 0 Å². The van der Waals surface area contributed by atoms with Gasteiger partial charge < -0.3 is 4.42 Å². The van der Waals surface area contributed by atoms with Gasteiger partial charge in [-0.25, -0.2) is 9.82 Å². The molecule has 1 aromatic carbocycles. The molecule has 2 heterocycles. The Morgan fingerprint density at radius 2 is 1.73 bits per heavy atom. The van der Waals surface area contributed by atoms with Crippen molar-refractivity contribution < 1.29 is 23.2 Å². The van der Waals surface area contributed by atoms with Crippen molar-refractivity contribution in [2.75, 3.05) is 0 Å². The van der Waals surface area contributed by atoms with Gasteiger partial charge in [0.25, 0.3) is 11.8 Å². The number of aromatic nitrogens is 1. The van der Waals surface area contributed by atoms with Crippen molar-refractivity contribution in [3.63, 3.8) is 0 Å². The molecule has 0 aliphatic heterocycles. The molecule has 3 N–H and O–H groups in total. The van der Waals surface area contributed by atoms with Crippen molar-refractivity contribution >= 4 is 23.4 Å². The van der Waals surface area contributed by atoms with Crippen LogP contribution in [0.2, 0.25) is 0 Å². The minimum atomic E-state index is -0.675. The van der Waals surface area contributed by atoms with E-state index >= 15 is 0 Å². The van der Waals surface area contributed by atoms with Gasteiger partial charge in [0, 0.05) is 35.5 Å². The van der Waals surface area contributed by atoms with Crippen molar-refractivity contribution in [1.29, 1.82) is 0 Å². The van der Waals surface area contributed by atoms with Gasteiger partial charge in [0.2, 0.25) is 0 Å². The van der Waals surface area contributed by atoms with Crippen LogP contribution < -0.4 is 16.3 Å². The molecule has 3 aromatic rings. The lowest BCUT2D eigenvalue weighted by molar-refractivity contribution is 0.0829. The number of nitrogens with one attached hydrogen (secondary N) is 3. The number of carbonyl (C=O) groups is 3. The van der Waals surface area contributed by atoms with Crippen molar-refractivity contribution in [2.24, 2.45) is 5.10 Å². The number of pyridine rings is 1. The molecule has 0 saturated carbocycles. The van der Waals surface area contributed by atoms with E-state index < -0.39 is 23.5 Å². The Labute approximate surface area is 188 Å². The van der Waals surface area contributed by atoms with E-state index in [0.29, 0.717) is 47.4 Å². The van der Waals surface area contributed by atoms with E-state index in [1.165, 1.54) is 42.7 Å². The molecule has 2 aromatic heterocycles. The fraction of sp³-hybridized carbons (Fsp3) is 0.174. The molecule has 4 rings (SSSR count). The predicted molar refractivity (Wildman–Crippen MR) is 116 cm³/mol. The second-order valence-corrected chi connectivity index (χ2v) is 7.33. The normalized spacial score (nSPS) is 13.8. The summed E-state index contributed by atoms with van der Waals surface area (Å²) >= 11 is 0. The Morgan fingerprint density at radius 1 is 1.00 bits per heavy atom. The molecule has 10 heteroatoms. The molecule has 0 atom stereocenters. The summed E-state index contributed by atoms with van der Waals surface area (Å²) in [5.74, 6) is -1.86. The number of hydrazone groups is 1. The Kier molecular flexibility index (Phi) is 6.25. The number of nitrogens with zero attached hydrogens (tertiary/aromatic N) is 2. The Hall–Kier alpha value is -4.34. The van der Waals surface area contributed by atoms with Gasteiger partial charge in [-0.1, -0.05) is 12.1 Å². The summed E-state index contributed by atoms with van der Waals surface area (Å²) in [6.45, 7) is 1.70. The first-order valence-corrected chi connectivity index (χ1v) is 10.2. The third-order valence-corrected chi connectivity index (χ3v) is 5.17. The number of aryl methyl sites for hydroxylation is 1. The second-order valence-electron chi connectivity index (χ2n) is 7.33. The van der Waals surface area contributed by atoms with E-state index in [2.05, 4.69) is 26.4 Å². The molecule has 1 aliphatic carbocycles. The van der Waals surface area contributed by atoms with Crippen molar-refractivity contribution in [3.05, 3.63) is 88.4 Å². The Morgan fingerprint density at radius 3 is 2.48 bits per heavy atom. The van der Waals surface area contributed by atoms with Crippen LogP contribution in [0.4, 0.5) is 4.39 Å². The molecule has 9 nitrogen and oxygen atoms in total. The molecule has 168 valence electrons. The zero-order chi connectivity index (χ0) is 23.4. The van der Waals surface area contributed by atoms with Gasteiger partial charge in [-0.15, -0.1) is 0 Å². The van der Waals surface area contributed by atoms with Crippen LogP contribution in [-0.4, -0.2) is 28.4 Å². The third kappa shape index (κ3) is 4.64. The van der Waals surface area contributed by atoms with Crippen molar-refractivity contribution in [1.82, 2.24) is 21.3 Å². The highest BCUT2D eigenvalue weighted by Gasteiger charge is 2.28. The summed E-state index contributed by atoms with van der Waals surface area (Å²) in [5, 5.41) is 4.17. The summed E-state index contributed by atoms with van der Waals surface area (Å²) in [6.07, 6.45) is 4.77. The Balaban J connectivity index is 1.49. The first-order chi connectivity index (χ1) is 16.0. The maximum atomic E-state index is 13.8. The highest BCUT2D eigenvalue weighted by Crippen LogP contribution is 2.29. The molecule has 0 fully saturated rings. The van der Waals surface area contributed by atoms with Crippen molar-refractivity contribution in [3.8, 4) is 0 Å². The van der Waals surface area contributed by atoms with Crippen LogP contribution >= 0.6 is 0 Å². The van der Waals surface area contributed by atoms with E-state index in [1.54, 1.807) is 13.0 Å². The highest BCUT2D eigenvalue weighted by molar-refractivity contribution is 6.07. The fourth-order valence-corrected chi connectivity index (χ4v) is 3.57. The lowest BCUT2D eigenvalue weighted by Crippen LogP contribution is -2.41. The third-order valence-electron chi connectivity index (χ3n) is 5.17. The van der Waals surface area contributed by atoms with E-state index in [-0.39, 0.29) is 11.3 Å². The van der Waals surface area contributed by atoms with E-state index in [4.69, 9.17) is 4.42 Å². The average Bonchev–Trinajstić information content (AvgIpc) is 3.18. The zero-order valence-electron chi connectivity index (χ0n) is 17.6. The van der Waals surface area contributed by atoms with Crippen LogP contribution in [-0.2, 0) is 6.42 Å². The van der Waals surface area contributed by atoms with Crippen LogP contribution in [0.1, 0.15) is 61.0 Å². The van der Waals surface area contributed by atoms with Crippen LogP contribution in [0.15, 0.2) is 58.3 Å². The number of hydrazine groups is 1. The van der Waals surface area contributed by atoms with E-state index in [1.807, 2.05) is 0 Å². The zero-order valence-corrected chi connectivity index (χ0v) is 17.6. The van der Waals surface area contributed by atoms with Crippen LogP contribution in [0.5, 0.6) is 0 Å². The molecule has 0 saturated heterocycles. The molecule has 3 amide bonds. The molecule has 0 radical (unpaired) electrons. The van der Waals surface area contributed by atoms with Gasteiger partial charge in [-0.3, -0.25) is 30.2 Å². The SMILES string of the molecule is Cc1c(C(=O)NNC(=O)c2ccncc2)oc2c1/C(=N/NC(=O)c1ccccc1F)CCC2. The lowest BCUT2D eigenvalue weighted by atomic mass is 9.93. The number of hydrogen-bond acceptors (Lipinski definition) is 6. The minimum absolute atomic E-state index is 0.0325. The summed E-state index contributed by atoms with van der Waals surface area (Å²) in [4.78, 5) is 40.9. The number of halogens is 1. The maximum Gasteiger partial charge on any atom is 0.305 e. The summed E-state index contributed by atoms with van der Waals surface area (Å²) in [5.41, 5.74) is 8.94. The predicted octanol–water partition coefficient (Wildman–Crippen LogP) is 2.67. The molecule has 0 spiro atoms. The number of benzene rings is 1. The molecule has 0 bridgehead atoms. The molecule has 33 heavy (non-hydrogen) atoms. The average molecular weight is 449 g/mol.